The van der Waals surface area contributed by atoms with Gasteiger partial charge >= 0.3 is 0 Å². The van der Waals surface area contributed by atoms with Gasteiger partial charge in [0.2, 0.25) is 5.91 Å². The third-order valence-electron chi connectivity index (χ3n) is 5.08. The van der Waals surface area contributed by atoms with Gasteiger partial charge in [-0.05, 0) is 35.9 Å². The van der Waals surface area contributed by atoms with Crippen LogP contribution in [0.25, 0.3) is 11.3 Å². The fourth-order valence-electron chi connectivity index (χ4n) is 3.54. The van der Waals surface area contributed by atoms with Crippen molar-refractivity contribution in [2.75, 3.05) is 17.7 Å². The lowest BCUT2D eigenvalue weighted by Crippen LogP contribution is -2.14. The summed E-state index contributed by atoms with van der Waals surface area (Å²) in [5.41, 5.74) is 3.72. The Balaban J connectivity index is 1.70. The lowest BCUT2D eigenvalue weighted by atomic mass is 10.1. The van der Waals surface area contributed by atoms with Crippen LogP contribution in [0.1, 0.15) is 22.8 Å². The number of ether oxygens (including phenoxy) is 1. The molecule has 7 nitrogen and oxygen atoms in total. The lowest BCUT2D eigenvalue weighted by molar-refractivity contribution is -0.114. The summed E-state index contributed by atoms with van der Waals surface area (Å²) in [6.45, 7) is 1.93. The topological polar surface area (TPSA) is 85.3 Å². The highest BCUT2D eigenvalue weighted by Crippen LogP contribution is 2.30. The van der Waals surface area contributed by atoms with Crippen LogP contribution in [0.15, 0.2) is 79.0 Å². The Morgan fingerprint density at radius 3 is 2.41 bits per heavy atom. The van der Waals surface area contributed by atoms with E-state index in [1.165, 1.54) is 14.0 Å². The number of carbonyl (C=O) groups excluding carboxylic acids is 2. The lowest BCUT2D eigenvalue weighted by Gasteiger charge is -2.12. The van der Waals surface area contributed by atoms with E-state index in [2.05, 4.69) is 10.6 Å². The Kier molecular flexibility index (Phi) is 6.94. The van der Waals surface area contributed by atoms with Crippen LogP contribution in [-0.4, -0.2) is 28.7 Å². The number of carbonyl (C=O) groups is 2. The van der Waals surface area contributed by atoms with Crippen molar-refractivity contribution in [2.24, 2.45) is 0 Å². The molecule has 0 saturated carbocycles. The maximum absolute atomic E-state index is 13.4. The fraction of sp³-hybridized carbons (Fsp3) is 0.115. The van der Waals surface area contributed by atoms with E-state index in [0.717, 1.165) is 11.1 Å². The molecule has 0 bridgehead atoms. The predicted molar refractivity (Wildman–Crippen MR) is 133 cm³/mol. The zero-order valence-corrected chi connectivity index (χ0v) is 19.5. The Morgan fingerprint density at radius 1 is 1.00 bits per heavy atom. The molecule has 0 aliphatic rings. The van der Waals surface area contributed by atoms with Gasteiger partial charge in [0, 0.05) is 29.4 Å². The molecule has 8 heteroatoms. The highest BCUT2D eigenvalue weighted by atomic mass is 35.5. The van der Waals surface area contributed by atoms with Crippen LogP contribution in [0.4, 0.5) is 11.4 Å². The normalized spacial score (nSPS) is 10.6. The number of benzene rings is 3. The number of methoxy groups -OCH3 is 1. The number of halogens is 1. The maximum atomic E-state index is 13.4. The molecule has 3 aromatic carbocycles. The van der Waals surface area contributed by atoms with Crippen molar-refractivity contribution in [2.45, 2.75) is 13.5 Å². The van der Waals surface area contributed by atoms with Crippen LogP contribution in [0.3, 0.4) is 0 Å². The minimum atomic E-state index is -0.359. The SMILES string of the molecule is COc1ccc(NC(C)=O)cc1NC(=O)c1cn(Cc2ccccc2)nc1-c1ccc(Cl)cc1. The molecule has 0 fully saturated rings. The average molecular weight is 475 g/mol. The summed E-state index contributed by atoms with van der Waals surface area (Å²) >= 11 is 6.06. The molecule has 0 aliphatic heterocycles. The van der Waals surface area contributed by atoms with E-state index in [4.69, 9.17) is 21.4 Å². The smallest absolute Gasteiger partial charge is 0.259 e. The van der Waals surface area contributed by atoms with E-state index in [0.29, 0.717) is 39.9 Å². The number of anilines is 2. The second-order valence-corrected chi connectivity index (χ2v) is 8.07. The van der Waals surface area contributed by atoms with Crippen LogP contribution in [0.2, 0.25) is 5.02 Å². The summed E-state index contributed by atoms with van der Waals surface area (Å²) in [4.78, 5) is 24.9. The van der Waals surface area contributed by atoms with Gasteiger partial charge in [-0.25, -0.2) is 0 Å². The quantitative estimate of drug-likeness (QED) is 0.372. The second-order valence-electron chi connectivity index (χ2n) is 7.63. The van der Waals surface area contributed by atoms with Gasteiger partial charge in [-0.1, -0.05) is 54.1 Å². The van der Waals surface area contributed by atoms with Crippen molar-refractivity contribution in [3.63, 3.8) is 0 Å². The van der Waals surface area contributed by atoms with Crippen molar-refractivity contribution in [3.8, 4) is 17.0 Å². The number of aromatic nitrogens is 2. The van der Waals surface area contributed by atoms with E-state index < -0.39 is 0 Å². The number of nitrogens with zero attached hydrogens (tertiary/aromatic N) is 2. The maximum Gasteiger partial charge on any atom is 0.259 e. The van der Waals surface area contributed by atoms with Gasteiger partial charge in [0.15, 0.2) is 0 Å². The van der Waals surface area contributed by atoms with E-state index in [1.54, 1.807) is 41.2 Å². The number of rotatable bonds is 7. The van der Waals surface area contributed by atoms with E-state index in [-0.39, 0.29) is 11.8 Å². The average Bonchev–Trinajstić information content (AvgIpc) is 3.24. The molecule has 0 atom stereocenters. The van der Waals surface area contributed by atoms with Crippen molar-refractivity contribution in [1.29, 1.82) is 0 Å². The molecule has 2 amide bonds. The summed E-state index contributed by atoms with van der Waals surface area (Å²) < 4.78 is 7.13. The van der Waals surface area contributed by atoms with Crippen molar-refractivity contribution in [3.05, 3.63) is 95.1 Å². The molecule has 172 valence electrons. The molecule has 0 unspecified atom stereocenters. The van der Waals surface area contributed by atoms with E-state index in [1.807, 2.05) is 42.5 Å². The van der Waals surface area contributed by atoms with Crippen LogP contribution in [0.5, 0.6) is 5.75 Å². The van der Waals surface area contributed by atoms with Gasteiger partial charge in [0.25, 0.3) is 5.91 Å². The molecule has 0 radical (unpaired) electrons. The molecule has 1 heterocycles. The summed E-state index contributed by atoms with van der Waals surface area (Å²) in [5.74, 6) is -0.107. The molecule has 34 heavy (non-hydrogen) atoms. The number of amides is 2. The zero-order chi connectivity index (χ0) is 24.1. The monoisotopic (exact) mass is 474 g/mol. The van der Waals surface area contributed by atoms with Gasteiger partial charge in [-0.2, -0.15) is 5.10 Å². The fourth-order valence-corrected chi connectivity index (χ4v) is 3.66. The molecule has 4 rings (SSSR count). The first-order valence-corrected chi connectivity index (χ1v) is 10.9. The minimum absolute atomic E-state index is 0.213. The first-order valence-electron chi connectivity index (χ1n) is 10.6. The first kappa shape index (κ1) is 23.1. The Hall–Kier alpha value is -4.10. The highest BCUT2D eigenvalue weighted by Gasteiger charge is 2.20. The summed E-state index contributed by atoms with van der Waals surface area (Å²) in [6.07, 6.45) is 1.72. The van der Waals surface area contributed by atoms with Crippen molar-refractivity contribution >= 4 is 34.8 Å². The number of nitrogens with one attached hydrogen (secondary N) is 2. The number of hydrogen-bond acceptors (Lipinski definition) is 4. The highest BCUT2D eigenvalue weighted by molar-refractivity contribution is 6.30. The summed E-state index contributed by atoms with van der Waals surface area (Å²) in [5, 5.41) is 10.9. The van der Waals surface area contributed by atoms with Gasteiger partial charge < -0.3 is 15.4 Å². The van der Waals surface area contributed by atoms with Gasteiger partial charge in [-0.15, -0.1) is 0 Å². The van der Waals surface area contributed by atoms with Gasteiger partial charge in [0.1, 0.15) is 11.4 Å². The predicted octanol–water partition coefficient (Wildman–Crippen LogP) is 5.47. The van der Waals surface area contributed by atoms with E-state index in [9.17, 15) is 9.59 Å². The van der Waals surface area contributed by atoms with Gasteiger partial charge in [0.05, 0.1) is 24.9 Å². The largest absolute Gasteiger partial charge is 0.495 e. The molecule has 0 aliphatic carbocycles. The molecule has 0 saturated heterocycles. The second kappa shape index (κ2) is 10.2. The molecule has 1 aromatic heterocycles. The van der Waals surface area contributed by atoms with Gasteiger partial charge in [-0.3, -0.25) is 14.3 Å². The molecule has 2 N–H and O–H groups in total. The third-order valence-corrected chi connectivity index (χ3v) is 5.33. The van der Waals surface area contributed by atoms with Crippen molar-refractivity contribution in [1.82, 2.24) is 9.78 Å². The standard InChI is InChI=1S/C26H23ClN4O3/c1-17(32)28-21-12-13-24(34-2)23(14-21)29-26(33)22-16-31(15-18-6-4-3-5-7-18)30-25(22)19-8-10-20(27)11-9-19/h3-14,16H,15H2,1-2H3,(H,28,32)(H,29,33). The Morgan fingerprint density at radius 2 is 1.74 bits per heavy atom. The minimum Gasteiger partial charge on any atom is -0.495 e. The molecular weight excluding hydrogens is 452 g/mol. The molecular formula is C26H23ClN4O3. The Labute approximate surface area is 202 Å². The third kappa shape index (κ3) is 5.44. The molecule has 0 spiro atoms. The number of hydrogen-bond donors (Lipinski definition) is 2. The molecule has 4 aromatic rings. The summed E-state index contributed by atoms with van der Waals surface area (Å²) in [6, 6.07) is 22.1. The van der Waals surface area contributed by atoms with Crippen LogP contribution < -0.4 is 15.4 Å². The van der Waals surface area contributed by atoms with Crippen LogP contribution in [-0.2, 0) is 11.3 Å². The van der Waals surface area contributed by atoms with Crippen LogP contribution in [0, 0.1) is 0 Å². The zero-order valence-electron chi connectivity index (χ0n) is 18.7. The Bertz CT molecular complexity index is 1320. The first-order chi connectivity index (χ1) is 16.4. The van der Waals surface area contributed by atoms with E-state index >= 15 is 0 Å². The van der Waals surface area contributed by atoms with Crippen molar-refractivity contribution < 1.29 is 14.3 Å². The summed E-state index contributed by atoms with van der Waals surface area (Å²) in [7, 11) is 1.51. The van der Waals surface area contributed by atoms with Crippen LogP contribution >= 0.6 is 11.6 Å².